The number of guanidine groups is 1. The second-order valence-corrected chi connectivity index (χ2v) is 6.00. The van der Waals surface area contributed by atoms with Crippen molar-refractivity contribution in [2.24, 2.45) is 4.99 Å². The molecule has 0 bridgehead atoms. The van der Waals surface area contributed by atoms with Crippen molar-refractivity contribution in [1.29, 1.82) is 0 Å². The van der Waals surface area contributed by atoms with E-state index >= 15 is 0 Å². The van der Waals surface area contributed by atoms with Crippen LogP contribution in [-0.4, -0.2) is 20.5 Å². The Labute approximate surface area is 150 Å². The molecule has 3 heterocycles. The van der Waals surface area contributed by atoms with Gasteiger partial charge in [-0.15, -0.1) is 0 Å². The molecule has 1 aliphatic rings. The molecule has 1 aromatic carbocycles. The minimum absolute atomic E-state index is 0.120. The standard InChI is InChI=1S/C19H18N6O/c1-13-11-16(26)25-17(14-7-3-2-4-8-14)23-18(24-19(25)22-13)21-12-15-9-5-6-10-20-15/h2-11,17H,12H2,1H3,(H2,21,22,23,24)/t17-/m0/s1. The molecule has 130 valence electrons. The van der Waals surface area contributed by atoms with Crippen LogP contribution in [0, 0.1) is 6.92 Å². The van der Waals surface area contributed by atoms with Crippen molar-refractivity contribution < 1.29 is 0 Å². The first-order valence-electron chi connectivity index (χ1n) is 8.34. The Morgan fingerprint density at radius 3 is 2.73 bits per heavy atom. The van der Waals surface area contributed by atoms with Crippen molar-refractivity contribution >= 4 is 11.9 Å². The van der Waals surface area contributed by atoms with Gasteiger partial charge in [0, 0.05) is 18.0 Å². The van der Waals surface area contributed by atoms with E-state index in [4.69, 9.17) is 0 Å². The van der Waals surface area contributed by atoms with Crippen LogP contribution < -0.4 is 16.2 Å². The lowest BCUT2D eigenvalue weighted by molar-refractivity contribution is 0.514. The Hall–Kier alpha value is -3.48. The number of nitrogens with one attached hydrogen (secondary N) is 2. The van der Waals surface area contributed by atoms with Crippen molar-refractivity contribution in [3.8, 4) is 0 Å². The lowest BCUT2D eigenvalue weighted by Gasteiger charge is -2.31. The number of nitrogens with zero attached hydrogens (tertiary/aromatic N) is 4. The average molecular weight is 346 g/mol. The lowest BCUT2D eigenvalue weighted by atomic mass is 10.1. The highest BCUT2D eigenvalue weighted by atomic mass is 16.1. The molecule has 0 radical (unpaired) electrons. The first-order valence-corrected chi connectivity index (χ1v) is 8.34. The van der Waals surface area contributed by atoms with Crippen LogP contribution in [0.2, 0.25) is 0 Å². The Morgan fingerprint density at radius 1 is 1.15 bits per heavy atom. The number of aromatic nitrogens is 3. The molecule has 26 heavy (non-hydrogen) atoms. The second kappa shape index (κ2) is 6.79. The quantitative estimate of drug-likeness (QED) is 0.758. The van der Waals surface area contributed by atoms with E-state index in [0.717, 1.165) is 11.3 Å². The van der Waals surface area contributed by atoms with Gasteiger partial charge in [-0.25, -0.2) is 9.98 Å². The summed E-state index contributed by atoms with van der Waals surface area (Å²) in [4.78, 5) is 25.9. The third kappa shape index (κ3) is 3.19. The van der Waals surface area contributed by atoms with Gasteiger partial charge in [0.2, 0.25) is 5.95 Å². The summed E-state index contributed by atoms with van der Waals surface area (Å²) in [5, 5.41) is 6.40. The Balaban J connectivity index is 1.73. The smallest absolute Gasteiger partial charge is 0.257 e. The first-order chi connectivity index (χ1) is 12.7. The van der Waals surface area contributed by atoms with E-state index in [9.17, 15) is 4.79 Å². The van der Waals surface area contributed by atoms with Crippen LogP contribution >= 0.6 is 0 Å². The summed E-state index contributed by atoms with van der Waals surface area (Å²) < 4.78 is 1.60. The van der Waals surface area contributed by atoms with Crippen molar-refractivity contribution in [3.05, 3.63) is 88.1 Å². The van der Waals surface area contributed by atoms with E-state index in [0.29, 0.717) is 24.1 Å². The minimum atomic E-state index is -0.379. The molecule has 2 aromatic heterocycles. The van der Waals surface area contributed by atoms with Crippen molar-refractivity contribution in [1.82, 2.24) is 19.9 Å². The van der Waals surface area contributed by atoms with Crippen LogP contribution in [0.15, 0.2) is 70.6 Å². The number of rotatable bonds is 3. The summed E-state index contributed by atoms with van der Waals surface area (Å²) in [5.41, 5.74) is 2.35. The largest absolute Gasteiger partial charge is 0.331 e. The highest BCUT2D eigenvalue weighted by Gasteiger charge is 2.26. The van der Waals surface area contributed by atoms with Gasteiger partial charge in [-0.2, -0.15) is 0 Å². The SMILES string of the molecule is Cc1cc(=O)n2c(n1)NC(=NCc1ccccn1)N[C@@H]2c1ccccc1. The number of anilines is 1. The van der Waals surface area contributed by atoms with E-state index < -0.39 is 0 Å². The van der Waals surface area contributed by atoms with Crippen LogP contribution in [0.1, 0.15) is 23.1 Å². The molecule has 1 atom stereocenters. The average Bonchev–Trinajstić information content (AvgIpc) is 2.67. The maximum atomic E-state index is 12.5. The molecule has 0 unspecified atom stereocenters. The number of hydrogen-bond donors (Lipinski definition) is 2. The van der Waals surface area contributed by atoms with Gasteiger partial charge in [0.15, 0.2) is 5.96 Å². The zero-order valence-corrected chi connectivity index (χ0v) is 14.3. The molecule has 7 heteroatoms. The number of fused-ring (bicyclic) bond motifs is 1. The summed E-state index contributed by atoms with van der Waals surface area (Å²) >= 11 is 0. The third-order valence-corrected chi connectivity index (χ3v) is 4.08. The zero-order chi connectivity index (χ0) is 17.9. The van der Waals surface area contributed by atoms with Gasteiger partial charge in [0.05, 0.1) is 12.2 Å². The van der Waals surface area contributed by atoms with Gasteiger partial charge < -0.3 is 5.32 Å². The molecule has 0 aliphatic carbocycles. The molecule has 0 fully saturated rings. The second-order valence-electron chi connectivity index (χ2n) is 6.00. The van der Waals surface area contributed by atoms with Crippen LogP contribution in [-0.2, 0) is 6.54 Å². The lowest BCUT2D eigenvalue weighted by Crippen LogP contribution is -2.48. The van der Waals surface area contributed by atoms with E-state index in [1.165, 1.54) is 6.07 Å². The summed E-state index contributed by atoms with van der Waals surface area (Å²) in [7, 11) is 0. The van der Waals surface area contributed by atoms with Gasteiger partial charge in [-0.05, 0) is 24.6 Å². The number of aliphatic imine (C=N–C) groups is 1. The van der Waals surface area contributed by atoms with Crippen molar-refractivity contribution in [2.45, 2.75) is 19.6 Å². The van der Waals surface area contributed by atoms with Gasteiger partial charge in [-0.1, -0.05) is 36.4 Å². The topological polar surface area (TPSA) is 84.2 Å². The molecular weight excluding hydrogens is 328 g/mol. The van der Waals surface area contributed by atoms with Gasteiger partial charge in [-0.3, -0.25) is 19.7 Å². The minimum Gasteiger partial charge on any atom is -0.331 e. The number of aryl methyl sites for hydroxylation is 1. The van der Waals surface area contributed by atoms with Crippen molar-refractivity contribution in [3.63, 3.8) is 0 Å². The van der Waals surface area contributed by atoms with Gasteiger partial charge >= 0.3 is 0 Å². The first kappa shape index (κ1) is 16.0. The predicted octanol–water partition coefficient (Wildman–Crippen LogP) is 2.06. The molecule has 7 nitrogen and oxygen atoms in total. The fraction of sp³-hybridized carbons (Fsp3) is 0.158. The number of hydrogen-bond acceptors (Lipinski definition) is 4. The van der Waals surface area contributed by atoms with Gasteiger partial charge in [0.25, 0.3) is 5.56 Å². The van der Waals surface area contributed by atoms with E-state index in [1.54, 1.807) is 17.7 Å². The maximum Gasteiger partial charge on any atom is 0.257 e. The van der Waals surface area contributed by atoms with Crippen molar-refractivity contribution in [2.75, 3.05) is 5.32 Å². The molecule has 3 aromatic rings. The maximum absolute atomic E-state index is 12.5. The van der Waals surface area contributed by atoms with E-state index in [1.807, 2.05) is 48.5 Å². The third-order valence-electron chi connectivity index (χ3n) is 4.08. The zero-order valence-electron chi connectivity index (χ0n) is 14.3. The summed E-state index contributed by atoms with van der Waals surface area (Å²) in [6.07, 6.45) is 1.36. The number of benzene rings is 1. The summed E-state index contributed by atoms with van der Waals surface area (Å²) in [6, 6.07) is 17.0. The fourth-order valence-corrected chi connectivity index (χ4v) is 2.88. The van der Waals surface area contributed by atoms with Gasteiger partial charge in [0.1, 0.15) is 6.17 Å². The summed E-state index contributed by atoms with van der Waals surface area (Å²) in [6.45, 7) is 2.22. The van der Waals surface area contributed by atoms with E-state index in [-0.39, 0.29) is 11.7 Å². The molecule has 4 rings (SSSR count). The summed E-state index contributed by atoms with van der Waals surface area (Å²) in [5.74, 6) is 1.03. The normalized spacial score (nSPS) is 17.3. The Kier molecular flexibility index (Phi) is 4.18. The molecule has 0 saturated heterocycles. The highest BCUT2D eigenvalue weighted by Crippen LogP contribution is 2.21. The predicted molar refractivity (Wildman–Crippen MR) is 99.9 cm³/mol. The Morgan fingerprint density at radius 2 is 1.96 bits per heavy atom. The van der Waals surface area contributed by atoms with Crippen LogP contribution in [0.3, 0.4) is 0 Å². The van der Waals surface area contributed by atoms with Crippen LogP contribution in [0.5, 0.6) is 0 Å². The monoisotopic (exact) mass is 346 g/mol. The van der Waals surface area contributed by atoms with Crippen LogP contribution in [0.25, 0.3) is 0 Å². The fourth-order valence-electron chi connectivity index (χ4n) is 2.88. The van der Waals surface area contributed by atoms with Crippen LogP contribution in [0.4, 0.5) is 5.95 Å². The molecular formula is C19H18N6O. The molecule has 0 saturated carbocycles. The molecule has 2 N–H and O–H groups in total. The molecule has 1 aliphatic heterocycles. The highest BCUT2D eigenvalue weighted by molar-refractivity contribution is 5.93. The Bertz CT molecular complexity index is 998. The van der Waals surface area contributed by atoms with E-state index in [2.05, 4.69) is 25.6 Å². The molecule has 0 spiro atoms. The number of pyridine rings is 1. The molecule has 0 amide bonds.